The Morgan fingerprint density at radius 1 is 1.40 bits per heavy atom. The minimum atomic E-state index is -0.0494. The van der Waals surface area contributed by atoms with Crippen LogP contribution in [0.5, 0.6) is 0 Å². The summed E-state index contributed by atoms with van der Waals surface area (Å²) >= 11 is 0. The minimum Gasteiger partial charge on any atom is -0.340 e. The number of nitrogens with zero attached hydrogens (tertiary/aromatic N) is 5. The molecule has 6 heteroatoms. The van der Waals surface area contributed by atoms with Crippen molar-refractivity contribution >= 4 is 5.78 Å². The van der Waals surface area contributed by atoms with Gasteiger partial charge in [-0.05, 0) is 0 Å². The van der Waals surface area contributed by atoms with Gasteiger partial charge < -0.3 is 4.57 Å². The van der Waals surface area contributed by atoms with Gasteiger partial charge in [0.1, 0.15) is 17.8 Å². The fraction of sp³-hybridized carbons (Fsp3) is 0.333. The average molecular weight is 205 g/mol. The zero-order valence-corrected chi connectivity index (χ0v) is 8.58. The van der Waals surface area contributed by atoms with Crippen LogP contribution in [0, 0.1) is 0 Å². The van der Waals surface area contributed by atoms with E-state index in [1.54, 1.807) is 28.8 Å². The molecule has 2 aromatic rings. The van der Waals surface area contributed by atoms with Crippen molar-refractivity contribution in [2.45, 2.75) is 6.42 Å². The number of hydrogen-bond acceptors (Lipinski definition) is 4. The maximum absolute atomic E-state index is 11.7. The zero-order chi connectivity index (χ0) is 10.8. The molecule has 0 saturated heterocycles. The van der Waals surface area contributed by atoms with Gasteiger partial charge in [0.2, 0.25) is 0 Å². The summed E-state index contributed by atoms with van der Waals surface area (Å²) in [5.41, 5.74) is 0.459. The van der Waals surface area contributed by atoms with Crippen LogP contribution in [0.25, 0.3) is 0 Å². The van der Waals surface area contributed by atoms with Gasteiger partial charge in [-0.15, -0.1) is 0 Å². The van der Waals surface area contributed by atoms with Crippen molar-refractivity contribution < 1.29 is 4.79 Å². The van der Waals surface area contributed by atoms with Crippen LogP contribution in [0.4, 0.5) is 0 Å². The van der Waals surface area contributed by atoms with E-state index in [1.165, 1.54) is 6.33 Å². The highest BCUT2D eigenvalue weighted by atomic mass is 16.1. The Bertz CT molecular complexity index is 484. The number of imidazole rings is 1. The fourth-order valence-electron chi connectivity index (χ4n) is 1.27. The van der Waals surface area contributed by atoms with Gasteiger partial charge in [0, 0.05) is 20.3 Å². The van der Waals surface area contributed by atoms with Crippen LogP contribution in [0.15, 0.2) is 18.9 Å². The Hall–Kier alpha value is -1.98. The first-order valence-electron chi connectivity index (χ1n) is 4.51. The smallest absolute Gasteiger partial charge is 0.190 e. The second-order valence-corrected chi connectivity index (χ2v) is 3.32. The molecule has 2 heterocycles. The summed E-state index contributed by atoms with van der Waals surface area (Å²) in [6.45, 7) is 0. The van der Waals surface area contributed by atoms with Crippen LogP contribution >= 0.6 is 0 Å². The van der Waals surface area contributed by atoms with Crippen molar-refractivity contribution in [2.24, 2.45) is 14.1 Å². The Morgan fingerprint density at radius 2 is 2.20 bits per heavy atom. The SMILES string of the molecule is Cn1cnc(C(=O)Cc2ncnn2C)c1. The zero-order valence-electron chi connectivity index (χ0n) is 8.58. The molecule has 78 valence electrons. The first-order chi connectivity index (χ1) is 7.16. The lowest BCUT2D eigenvalue weighted by Crippen LogP contribution is -2.09. The maximum Gasteiger partial charge on any atom is 0.190 e. The van der Waals surface area contributed by atoms with Crippen molar-refractivity contribution in [3.05, 3.63) is 30.4 Å². The van der Waals surface area contributed by atoms with E-state index in [-0.39, 0.29) is 12.2 Å². The highest BCUT2D eigenvalue weighted by Crippen LogP contribution is 2.01. The third kappa shape index (κ3) is 1.93. The summed E-state index contributed by atoms with van der Waals surface area (Å²) in [4.78, 5) is 19.7. The molecule has 0 aliphatic rings. The predicted molar refractivity (Wildman–Crippen MR) is 52.2 cm³/mol. The molecule has 0 spiro atoms. The number of hydrogen-bond donors (Lipinski definition) is 0. The maximum atomic E-state index is 11.7. The fourth-order valence-corrected chi connectivity index (χ4v) is 1.27. The minimum absolute atomic E-state index is 0.0494. The van der Waals surface area contributed by atoms with Crippen molar-refractivity contribution in [1.82, 2.24) is 24.3 Å². The van der Waals surface area contributed by atoms with Crippen LogP contribution in [0.2, 0.25) is 0 Å². The van der Waals surface area contributed by atoms with E-state index in [9.17, 15) is 4.79 Å². The number of rotatable bonds is 3. The number of aromatic nitrogens is 5. The van der Waals surface area contributed by atoms with Crippen LogP contribution in [0.1, 0.15) is 16.3 Å². The van der Waals surface area contributed by atoms with E-state index >= 15 is 0 Å². The van der Waals surface area contributed by atoms with Gasteiger partial charge in [-0.2, -0.15) is 5.10 Å². The molecule has 6 nitrogen and oxygen atoms in total. The number of Topliss-reactive ketones (excluding diaryl/α,β-unsaturated/α-hetero) is 1. The molecule has 0 saturated carbocycles. The summed E-state index contributed by atoms with van der Waals surface area (Å²) in [7, 11) is 3.58. The van der Waals surface area contributed by atoms with Crippen LogP contribution in [0.3, 0.4) is 0 Å². The lowest BCUT2D eigenvalue weighted by Gasteiger charge is -1.96. The lowest BCUT2D eigenvalue weighted by molar-refractivity contribution is 0.0985. The van der Waals surface area contributed by atoms with E-state index in [2.05, 4.69) is 15.1 Å². The molecule has 15 heavy (non-hydrogen) atoms. The number of carbonyl (C=O) groups excluding carboxylic acids is 1. The summed E-state index contributed by atoms with van der Waals surface area (Å²) in [6.07, 6.45) is 4.96. The van der Waals surface area contributed by atoms with Gasteiger partial charge in [-0.25, -0.2) is 9.97 Å². The third-order valence-corrected chi connectivity index (χ3v) is 2.11. The number of carbonyl (C=O) groups is 1. The number of ketones is 1. The molecule has 0 unspecified atom stereocenters. The topological polar surface area (TPSA) is 65.6 Å². The molecule has 2 rings (SSSR count). The monoisotopic (exact) mass is 205 g/mol. The van der Waals surface area contributed by atoms with Crippen molar-refractivity contribution in [3.8, 4) is 0 Å². The van der Waals surface area contributed by atoms with Crippen molar-refractivity contribution in [1.29, 1.82) is 0 Å². The third-order valence-electron chi connectivity index (χ3n) is 2.11. The second-order valence-electron chi connectivity index (χ2n) is 3.32. The molecular formula is C9H11N5O. The Balaban J connectivity index is 2.14. The molecule has 0 aliphatic carbocycles. The summed E-state index contributed by atoms with van der Waals surface area (Å²) in [6, 6.07) is 0. The van der Waals surface area contributed by atoms with Crippen molar-refractivity contribution in [2.75, 3.05) is 0 Å². The summed E-state index contributed by atoms with van der Waals surface area (Å²) < 4.78 is 3.32. The average Bonchev–Trinajstić information content (AvgIpc) is 2.77. The van der Waals surface area contributed by atoms with E-state index in [4.69, 9.17) is 0 Å². The highest BCUT2D eigenvalue weighted by molar-refractivity contribution is 5.95. The summed E-state index contributed by atoms with van der Waals surface area (Å²) in [5, 5.41) is 3.90. The van der Waals surface area contributed by atoms with Gasteiger partial charge in [0.25, 0.3) is 0 Å². The van der Waals surface area contributed by atoms with Gasteiger partial charge in [0.05, 0.1) is 12.7 Å². The molecule has 0 N–H and O–H groups in total. The molecule has 0 radical (unpaired) electrons. The number of aryl methyl sites for hydroxylation is 2. The molecular weight excluding hydrogens is 194 g/mol. The largest absolute Gasteiger partial charge is 0.340 e. The normalized spacial score (nSPS) is 10.5. The quantitative estimate of drug-likeness (QED) is 0.660. The Morgan fingerprint density at radius 3 is 2.73 bits per heavy atom. The molecule has 0 aromatic carbocycles. The molecule has 0 fully saturated rings. The van der Waals surface area contributed by atoms with Crippen LogP contribution in [-0.4, -0.2) is 30.1 Å². The lowest BCUT2D eigenvalue weighted by atomic mass is 10.2. The van der Waals surface area contributed by atoms with Crippen LogP contribution in [-0.2, 0) is 20.5 Å². The standard InChI is InChI=1S/C9H11N5O/c1-13-4-7(11-6-13)8(15)3-9-10-5-12-14(9)2/h4-6H,3H2,1-2H3. The Labute approximate surface area is 86.6 Å². The molecule has 0 atom stereocenters. The highest BCUT2D eigenvalue weighted by Gasteiger charge is 2.12. The predicted octanol–water partition coefficient (Wildman–Crippen LogP) is -0.0260. The second kappa shape index (κ2) is 3.64. The van der Waals surface area contributed by atoms with Crippen molar-refractivity contribution in [3.63, 3.8) is 0 Å². The first kappa shape index (κ1) is 9.57. The van der Waals surface area contributed by atoms with Crippen LogP contribution < -0.4 is 0 Å². The Kier molecular flexibility index (Phi) is 2.32. The molecule has 0 aliphatic heterocycles. The van der Waals surface area contributed by atoms with E-state index in [0.29, 0.717) is 11.5 Å². The van der Waals surface area contributed by atoms with Gasteiger partial charge in [0.15, 0.2) is 5.78 Å². The molecule has 2 aromatic heterocycles. The van der Waals surface area contributed by atoms with E-state index in [1.807, 2.05) is 7.05 Å². The van der Waals surface area contributed by atoms with E-state index in [0.717, 1.165) is 0 Å². The molecule has 0 bridgehead atoms. The van der Waals surface area contributed by atoms with Gasteiger partial charge in [-0.3, -0.25) is 9.48 Å². The summed E-state index contributed by atoms with van der Waals surface area (Å²) in [5.74, 6) is 0.595. The van der Waals surface area contributed by atoms with Gasteiger partial charge in [-0.1, -0.05) is 0 Å². The van der Waals surface area contributed by atoms with Gasteiger partial charge >= 0.3 is 0 Å². The molecule has 0 amide bonds. The van der Waals surface area contributed by atoms with E-state index < -0.39 is 0 Å². The first-order valence-corrected chi connectivity index (χ1v) is 4.51.